The lowest BCUT2D eigenvalue weighted by Crippen LogP contribution is -2.01. The Hall–Kier alpha value is -1.48. The molecule has 0 saturated heterocycles. The van der Waals surface area contributed by atoms with Crippen molar-refractivity contribution in [2.75, 3.05) is 6.54 Å². The van der Waals surface area contributed by atoms with Crippen LogP contribution in [-0.2, 0) is 0 Å². The van der Waals surface area contributed by atoms with Gasteiger partial charge in [0.15, 0.2) is 0 Å². The molecule has 1 aliphatic heterocycles. The van der Waals surface area contributed by atoms with Gasteiger partial charge in [0.05, 0.1) is 0 Å². The minimum atomic E-state index is 0.886. The van der Waals surface area contributed by atoms with E-state index in [1.165, 1.54) is 20.9 Å². The molecule has 0 amide bonds. The summed E-state index contributed by atoms with van der Waals surface area (Å²) in [4.78, 5) is 2.60. The number of rotatable bonds is 2. The first-order chi connectivity index (χ1) is 7.31. The average molecular weight is 218 g/mol. The number of thiophene rings is 1. The SMILES string of the molecule is Cc1ccc(C(/C=C\N)=C2\C=CNC2)s1. The summed E-state index contributed by atoms with van der Waals surface area (Å²) in [5, 5.41) is 3.18. The highest BCUT2D eigenvalue weighted by Gasteiger charge is 2.08. The molecule has 0 saturated carbocycles. The zero-order chi connectivity index (χ0) is 10.7. The molecule has 0 aromatic carbocycles. The van der Waals surface area contributed by atoms with Crippen molar-refractivity contribution in [1.29, 1.82) is 0 Å². The van der Waals surface area contributed by atoms with E-state index < -0.39 is 0 Å². The van der Waals surface area contributed by atoms with Crippen LogP contribution in [0.1, 0.15) is 9.75 Å². The number of allylic oxidation sites excluding steroid dienone is 2. The van der Waals surface area contributed by atoms with Crippen molar-refractivity contribution in [2.24, 2.45) is 5.73 Å². The molecular formula is C12H14N2S. The van der Waals surface area contributed by atoms with Crippen molar-refractivity contribution in [3.63, 3.8) is 0 Å². The molecule has 1 aromatic heterocycles. The smallest absolute Gasteiger partial charge is 0.0402 e. The quantitative estimate of drug-likeness (QED) is 0.800. The zero-order valence-corrected chi connectivity index (χ0v) is 9.47. The largest absolute Gasteiger partial charge is 0.405 e. The van der Waals surface area contributed by atoms with Gasteiger partial charge in [-0.05, 0) is 54.8 Å². The van der Waals surface area contributed by atoms with E-state index in [1.807, 2.05) is 12.3 Å². The van der Waals surface area contributed by atoms with E-state index >= 15 is 0 Å². The van der Waals surface area contributed by atoms with Crippen molar-refractivity contribution in [3.05, 3.63) is 52.0 Å². The molecule has 2 rings (SSSR count). The second-order valence-corrected chi connectivity index (χ2v) is 4.71. The summed E-state index contributed by atoms with van der Waals surface area (Å²) < 4.78 is 0. The topological polar surface area (TPSA) is 38.0 Å². The second kappa shape index (κ2) is 4.36. The summed E-state index contributed by atoms with van der Waals surface area (Å²) in [6.07, 6.45) is 7.64. The standard InChI is InChI=1S/C12H14N2S/c1-9-2-3-12(15-9)11(4-6-13)10-5-7-14-8-10/h2-7,14H,8,13H2,1H3/b6-4-,11-10+. The van der Waals surface area contributed by atoms with Gasteiger partial charge in [-0.1, -0.05) is 0 Å². The third kappa shape index (κ3) is 2.13. The summed E-state index contributed by atoms with van der Waals surface area (Å²) in [6, 6.07) is 4.28. The Bertz CT molecular complexity index is 438. The number of hydrogen-bond donors (Lipinski definition) is 2. The normalized spacial score (nSPS) is 18.5. The van der Waals surface area contributed by atoms with Gasteiger partial charge >= 0.3 is 0 Å². The fourth-order valence-corrected chi connectivity index (χ4v) is 2.52. The molecular weight excluding hydrogens is 204 g/mol. The molecule has 0 atom stereocenters. The third-order valence-electron chi connectivity index (χ3n) is 2.31. The molecule has 0 bridgehead atoms. The van der Waals surface area contributed by atoms with Crippen LogP contribution in [0.2, 0.25) is 0 Å². The molecule has 0 unspecified atom stereocenters. The average Bonchev–Trinajstić information content (AvgIpc) is 2.85. The van der Waals surface area contributed by atoms with Crippen LogP contribution in [0.4, 0.5) is 0 Å². The number of hydrogen-bond acceptors (Lipinski definition) is 3. The van der Waals surface area contributed by atoms with Gasteiger partial charge in [-0.3, -0.25) is 0 Å². The fourth-order valence-electron chi connectivity index (χ4n) is 1.60. The predicted molar refractivity (Wildman–Crippen MR) is 66.4 cm³/mol. The Morgan fingerprint density at radius 1 is 1.53 bits per heavy atom. The Morgan fingerprint density at radius 3 is 2.93 bits per heavy atom. The van der Waals surface area contributed by atoms with E-state index in [0.717, 1.165) is 6.54 Å². The van der Waals surface area contributed by atoms with Crippen LogP contribution in [0.15, 0.2) is 42.3 Å². The van der Waals surface area contributed by atoms with Gasteiger partial charge < -0.3 is 11.1 Å². The summed E-state index contributed by atoms with van der Waals surface area (Å²) in [5.74, 6) is 0. The maximum Gasteiger partial charge on any atom is 0.0402 e. The molecule has 0 aliphatic carbocycles. The second-order valence-electron chi connectivity index (χ2n) is 3.42. The Kier molecular flexibility index (Phi) is 2.92. The molecule has 3 N–H and O–H groups in total. The van der Waals surface area contributed by atoms with E-state index in [9.17, 15) is 0 Å². The number of nitrogens with one attached hydrogen (secondary N) is 1. The first-order valence-electron chi connectivity index (χ1n) is 4.89. The maximum absolute atomic E-state index is 5.49. The minimum Gasteiger partial charge on any atom is -0.405 e. The number of aryl methyl sites for hydroxylation is 1. The molecule has 0 fully saturated rings. The lowest BCUT2D eigenvalue weighted by molar-refractivity contribution is 1.01. The van der Waals surface area contributed by atoms with Gasteiger partial charge in [0.2, 0.25) is 0 Å². The molecule has 2 heterocycles. The van der Waals surface area contributed by atoms with Crippen LogP contribution in [0.25, 0.3) is 5.57 Å². The van der Waals surface area contributed by atoms with E-state index in [2.05, 4.69) is 30.4 Å². The van der Waals surface area contributed by atoms with Gasteiger partial charge in [0, 0.05) is 16.3 Å². The Balaban J connectivity index is 2.44. The lowest BCUT2D eigenvalue weighted by atomic mass is 10.1. The Labute approximate surface area is 93.8 Å². The first-order valence-corrected chi connectivity index (χ1v) is 5.71. The van der Waals surface area contributed by atoms with E-state index in [0.29, 0.717) is 0 Å². The molecule has 15 heavy (non-hydrogen) atoms. The van der Waals surface area contributed by atoms with Crippen LogP contribution in [0.3, 0.4) is 0 Å². The van der Waals surface area contributed by atoms with Crippen LogP contribution < -0.4 is 11.1 Å². The van der Waals surface area contributed by atoms with Crippen molar-refractivity contribution in [3.8, 4) is 0 Å². The minimum absolute atomic E-state index is 0.886. The van der Waals surface area contributed by atoms with Crippen LogP contribution in [-0.4, -0.2) is 6.54 Å². The highest BCUT2D eigenvalue weighted by molar-refractivity contribution is 7.13. The predicted octanol–water partition coefficient (Wildman–Crippen LogP) is 2.40. The Morgan fingerprint density at radius 2 is 2.40 bits per heavy atom. The van der Waals surface area contributed by atoms with Crippen molar-refractivity contribution in [1.82, 2.24) is 5.32 Å². The summed E-state index contributed by atoms with van der Waals surface area (Å²) in [7, 11) is 0. The van der Waals surface area contributed by atoms with Gasteiger partial charge in [-0.25, -0.2) is 0 Å². The molecule has 0 spiro atoms. The summed E-state index contributed by atoms with van der Waals surface area (Å²) >= 11 is 1.80. The van der Waals surface area contributed by atoms with Gasteiger partial charge in [0.1, 0.15) is 0 Å². The third-order valence-corrected chi connectivity index (χ3v) is 3.34. The highest BCUT2D eigenvalue weighted by Crippen LogP contribution is 2.28. The number of nitrogens with two attached hydrogens (primary N) is 1. The maximum atomic E-state index is 5.49. The zero-order valence-electron chi connectivity index (χ0n) is 8.66. The monoisotopic (exact) mass is 218 g/mol. The first kappa shape index (κ1) is 10.1. The highest BCUT2D eigenvalue weighted by atomic mass is 32.1. The van der Waals surface area contributed by atoms with Crippen molar-refractivity contribution in [2.45, 2.75) is 6.92 Å². The molecule has 1 aliphatic rings. The molecule has 78 valence electrons. The molecule has 3 heteroatoms. The van der Waals surface area contributed by atoms with Crippen LogP contribution >= 0.6 is 11.3 Å². The van der Waals surface area contributed by atoms with Gasteiger partial charge in [0.25, 0.3) is 0 Å². The summed E-state index contributed by atoms with van der Waals surface area (Å²) in [6.45, 7) is 3.00. The lowest BCUT2D eigenvalue weighted by Gasteiger charge is -2.02. The van der Waals surface area contributed by atoms with Crippen molar-refractivity contribution >= 4 is 16.9 Å². The summed E-state index contributed by atoms with van der Waals surface area (Å²) in [5.41, 5.74) is 8.00. The molecule has 2 nitrogen and oxygen atoms in total. The van der Waals surface area contributed by atoms with E-state index in [-0.39, 0.29) is 0 Å². The van der Waals surface area contributed by atoms with E-state index in [4.69, 9.17) is 5.73 Å². The van der Waals surface area contributed by atoms with Gasteiger partial charge in [-0.2, -0.15) is 0 Å². The van der Waals surface area contributed by atoms with Crippen molar-refractivity contribution < 1.29 is 0 Å². The molecule has 0 radical (unpaired) electrons. The van der Waals surface area contributed by atoms with Crippen LogP contribution in [0.5, 0.6) is 0 Å². The van der Waals surface area contributed by atoms with E-state index in [1.54, 1.807) is 17.5 Å². The molecule has 1 aromatic rings. The van der Waals surface area contributed by atoms with Crippen LogP contribution in [0, 0.1) is 6.92 Å². The fraction of sp³-hybridized carbons (Fsp3) is 0.167. The van der Waals surface area contributed by atoms with Gasteiger partial charge in [-0.15, -0.1) is 11.3 Å².